The van der Waals surface area contributed by atoms with Crippen molar-refractivity contribution >= 4 is 11.8 Å². The molecule has 18 heavy (non-hydrogen) atoms. The summed E-state index contributed by atoms with van der Waals surface area (Å²) in [6.45, 7) is 4.46. The molecule has 0 aliphatic rings. The molecule has 0 amide bonds. The standard InChI is InChI=1S/C16H33FS/c1-3-5-7-9-11-13-15-18-16(17)14-12-10-8-6-4-2/h16H,3-15H2,1-2H3. The molecular weight excluding hydrogens is 243 g/mol. The lowest BCUT2D eigenvalue weighted by atomic mass is 10.1. The first-order valence-corrected chi connectivity index (χ1v) is 9.11. The fourth-order valence-corrected chi connectivity index (χ4v) is 3.05. The maximum absolute atomic E-state index is 13.5. The molecule has 0 heterocycles. The van der Waals surface area contributed by atoms with Gasteiger partial charge >= 0.3 is 0 Å². The molecule has 0 N–H and O–H groups in total. The number of halogens is 1. The van der Waals surface area contributed by atoms with Crippen LogP contribution in [0.2, 0.25) is 0 Å². The molecule has 0 aliphatic carbocycles. The molecule has 0 saturated carbocycles. The first-order valence-electron chi connectivity index (χ1n) is 8.07. The summed E-state index contributed by atoms with van der Waals surface area (Å²) >= 11 is 1.54. The second-order valence-corrected chi connectivity index (χ2v) is 6.50. The van der Waals surface area contributed by atoms with Crippen LogP contribution in [0, 0.1) is 0 Å². The molecule has 0 radical (unpaired) electrons. The summed E-state index contributed by atoms with van der Waals surface area (Å²) in [5.41, 5.74) is -0.609. The lowest BCUT2D eigenvalue weighted by Gasteiger charge is -2.07. The number of hydrogen-bond donors (Lipinski definition) is 0. The molecule has 1 unspecified atom stereocenters. The van der Waals surface area contributed by atoms with E-state index < -0.39 is 5.50 Å². The minimum absolute atomic E-state index is 0.609. The van der Waals surface area contributed by atoms with Gasteiger partial charge in [0.05, 0.1) is 0 Å². The van der Waals surface area contributed by atoms with Crippen LogP contribution in [0.3, 0.4) is 0 Å². The zero-order valence-corrected chi connectivity index (χ0v) is 13.4. The van der Waals surface area contributed by atoms with E-state index in [1.807, 2.05) is 0 Å². The minimum Gasteiger partial charge on any atom is -0.236 e. The molecule has 0 aromatic heterocycles. The molecule has 0 nitrogen and oxygen atoms in total. The lowest BCUT2D eigenvalue weighted by Crippen LogP contribution is -1.96. The molecule has 0 saturated heterocycles. The largest absolute Gasteiger partial charge is 0.236 e. The Bertz CT molecular complexity index is 150. The number of thioether (sulfide) groups is 1. The SMILES string of the molecule is CCCCCCCCSC(F)CCCCCCC. The van der Waals surface area contributed by atoms with Gasteiger partial charge in [0.2, 0.25) is 0 Å². The van der Waals surface area contributed by atoms with Crippen molar-refractivity contribution in [1.29, 1.82) is 0 Å². The molecule has 110 valence electrons. The highest BCUT2D eigenvalue weighted by Crippen LogP contribution is 2.21. The Hall–Kier alpha value is 0.280. The van der Waals surface area contributed by atoms with Gasteiger partial charge < -0.3 is 0 Å². The Labute approximate surface area is 119 Å². The van der Waals surface area contributed by atoms with Crippen molar-refractivity contribution in [3.8, 4) is 0 Å². The van der Waals surface area contributed by atoms with Gasteiger partial charge in [-0.3, -0.25) is 0 Å². The highest BCUT2D eigenvalue weighted by molar-refractivity contribution is 7.99. The average Bonchev–Trinajstić information content (AvgIpc) is 2.37. The van der Waals surface area contributed by atoms with Crippen LogP contribution in [0.15, 0.2) is 0 Å². The Morgan fingerprint density at radius 2 is 1.22 bits per heavy atom. The van der Waals surface area contributed by atoms with E-state index in [0.29, 0.717) is 0 Å². The molecule has 2 heteroatoms. The first kappa shape index (κ1) is 18.3. The molecule has 0 aromatic rings. The number of unbranched alkanes of at least 4 members (excludes halogenated alkanes) is 9. The van der Waals surface area contributed by atoms with Gasteiger partial charge in [-0.2, -0.15) is 0 Å². The van der Waals surface area contributed by atoms with Crippen molar-refractivity contribution < 1.29 is 4.39 Å². The highest BCUT2D eigenvalue weighted by Gasteiger charge is 2.05. The zero-order chi connectivity index (χ0) is 13.5. The normalized spacial score (nSPS) is 12.8. The van der Waals surface area contributed by atoms with Crippen LogP contribution >= 0.6 is 11.8 Å². The fourth-order valence-electron chi connectivity index (χ4n) is 2.09. The Balaban J connectivity index is 3.09. The first-order chi connectivity index (χ1) is 8.81. The number of hydrogen-bond acceptors (Lipinski definition) is 1. The van der Waals surface area contributed by atoms with Gasteiger partial charge in [-0.05, 0) is 25.0 Å². The summed E-state index contributed by atoms with van der Waals surface area (Å²) < 4.78 is 13.5. The van der Waals surface area contributed by atoms with Crippen LogP contribution in [0.25, 0.3) is 0 Å². The third-order valence-electron chi connectivity index (χ3n) is 3.33. The molecule has 0 bridgehead atoms. The average molecular weight is 277 g/mol. The van der Waals surface area contributed by atoms with Gasteiger partial charge in [0, 0.05) is 0 Å². The van der Waals surface area contributed by atoms with Gasteiger partial charge in [-0.1, -0.05) is 71.6 Å². The lowest BCUT2D eigenvalue weighted by molar-refractivity contribution is 0.411. The second-order valence-electron chi connectivity index (χ2n) is 5.25. The summed E-state index contributed by atoms with van der Waals surface area (Å²) in [6.07, 6.45) is 14.8. The van der Waals surface area contributed by atoms with Gasteiger partial charge in [0.25, 0.3) is 0 Å². The van der Waals surface area contributed by atoms with Gasteiger partial charge in [-0.25, -0.2) is 4.39 Å². The van der Waals surface area contributed by atoms with E-state index in [2.05, 4.69) is 13.8 Å². The van der Waals surface area contributed by atoms with E-state index >= 15 is 0 Å². The van der Waals surface area contributed by atoms with Crippen molar-refractivity contribution in [2.75, 3.05) is 5.75 Å². The van der Waals surface area contributed by atoms with Crippen LogP contribution in [0.5, 0.6) is 0 Å². The number of rotatable bonds is 14. The van der Waals surface area contributed by atoms with E-state index in [9.17, 15) is 4.39 Å². The molecule has 0 rings (SSSR count). The van der Waals surface area contributed by atoms with Crippen LogP contribution < -0.4 is 0 Å². The summed E-state index contributed by atoms with van der Waals surface area (Å²) in [5.74, 6) is 1.02. The van der Waals surface area contributed by atoms with Gasteiger partial charge in [0.1, 0.15) is 5.50 Å². The van der Waals surface area contributed by atoms with Crippen LogP contribution in [-0.4, -0.2) is 11.3 Å². The molecule has 1 atom stereocenters. The Morgan fingerprint density at radius 1 is 0.722 bits per heavy atom. The molecule has 0 aliphatic heterocycles. The summed E-state index contributed by atoms with van der Waals surface area (Å²) in [5, 5.41) is 0. The maximum atomic E-state index is 13.5. The predicted octanol–water partition coefficient (Wildman–Crippen LogP) is 6.74. The monoisotopic (exact) mass is 276 g/mol. The van der Waals surface area contributed by atoms with Crippen molar-refractivity contribution in [2.45, 2.75) is 96.4 Å². The molecular formula is C16H33FS. The zero-order valence-electron chi connectivity index (χ0n) is 12.6. The predicted molar refractivity (Wildman–Crippen MR) is 84.1 cm³/mol. The Morgan fingerprint density at radius 3 is 1.83 bits per heavy atom. The van der Waals surface area contributed by atoms with Crippen LogP contribution in [-0.2, 0) is 0 Å². The third-order valence-corrected chi connectivity index (χ3v) is 4.45. The maximum Gasteiger partial charge on any atom is 0.145 e. The quantitative estimate of drug-likeness (QED) is 0.317. The smallest absolute Gasteiger partial charge is 0.145 e. The van der Waals surface area contributed by atoms with E-state index in [4.69, 9.17) is 0 Å². The van der Waals surface area contributed by atoms with Crippen molar-refractivity contribution in [1.82, 2.24) is 0 Å². The summed E-state index contributed by atoms with van der Waals surface area (Å²) in [6, 6.07) is 0. The minimum atomic E-state index is -0.609. The topological polar surface area (TPSA) is 0 Å². The molecule has 0 spiro atoms. The fraction of sp³-hybridized carbons (Fsp3) is 1.00. The van der Waals surface area contributed by atoms with E-state index in [1.54, 1.807) is 0 Å². The van der Waals surface area contributed by atoms with Crippen LogP contribution in [0.4, 0.5) is 4.39 Å². The van der Waals surface area contributed by atoms with E-state index in [0.717, 1.165) is 18.6 Å². The van der Waals surface area contributed by atoms with E-state index in [1.165, 1.54) is 76.0 Å². The highest BCUT2D eigenvalue weighted by atomic mass is 32.2. The van der Waals surface area contributed by atoms with Crippen molar-refractivity contribution in [3.05, 3.63) is 0 Å². The summed E-state index contributed by atoms with van der Waals surface area (Å²) in [7, 11) is 0. The van der Waals surface area contributed by atoms with Crippen molar-refractivity contribution in [3.63, 3.8) is 0 Å². The van der Waals surface area contributed by atoms with Gasteiger partial charge in [-0.15, -0.1) is 11.8 Å². The number of alkyl halides is 1. The summed E-state index contributed by atoms with van der Waals surface area (Å²) in [4.78, 5) is 0. The van der Waals surface area contributed by atoms with Crippen LogP contribution in [0.1, 0.15) is 90.9 Å². The second kappa shape index (κ2) is 15.3. The van der Waals surface area contributed by atoms with Gasteiger partial charge in [0.15, 0.2) is 0 Å². The third kappa shape index (κ3) is 14.3. The molecule has 0 aromatic carbocycles. The molecule has 0 fully saturated rings. The Kier molecular flexibility index (Phi) is 15.6. The van der Waals surface area contributed by atoms with E-state index in [-0.39, 0.29) is 0 Å². The van der Waals surface area contributed by atoms with Crippen molar-refractivity contribution in [2.24, 2.45) is 0 Å².